The van der Waals surface area contributed by atoms with Crippen molar-refractivity contribution in [3.05, 3.63) is 83.9 Å². The van der Waals surface area contributed by atoms with Crippen LogP contribution < -0.4 is 31.9 Å². The lowest BCUT2D eigenvalue weighted by molar-refractivity contribution is -0.133. The van der Waals surface area contributed by atoms with Crippen LogP contribution in [0.5, 0.6) is 5.75 Å². The Balaban J connectivity index is 1.51. The predicted octanol–water partition coefficient (Wildman–Crippen LogP) is 0.971. The lowest BCUT2D eigenvalue weighted by Gasteiger charge is -2.19. The minimum absolute atomic E-state index is 0.152. The van der Waals surface area contributed by atoms with Gasteiger partial charge in [-0.1, -0.05) is 36.4 Å². The van der Waals surface area contributed by atoms with Gasteiger partial charge in [-0.25, -0.2) is 5.48 Å². The van der Waals surface area contributed by atoms with E-state index in [1.165, 1.54) is 5.48 Å². The molecule has 0 aliphatic heterocycles. The Morgan fingerprint density at radius 3 is 2.05 bits per heavy atom. The molecule has 0 radical (unpaired) electrons. The lowest BCUT2D eigenvalue weighted by Crippen LogP contribution is -2.55. The van der Waals surface area contributed by atoms with Gasteiger partial charge in [0.05, 0.1) is 13.7 Å². The number of rotatable bonds is 11. The highest BCUT2D eigenvalue weighted by molar-refractivity contribution is 5.98. The van der Waals surface area contributed by atoms with Crippen molar-refractivity contribution < 1.29 is 29.4 Å². The van der Waals surface area contributed by atoms with Crippen molar-refractivity contribution in [2.45, 2.75) is 18.8 Å². The lowest BCUT2D eigenvalue weighted by atomic mass is 10.0. The van der Waals surface area contributed by atoms with Crippen LogP contribution in [0.3, 0.4) is 0 Å². The number of nitrogens with two attached hydrogens (primary N) is 1. The van der Waals surface area contributed by atoms with Gasteiger partial charge in [-0.3, -0.25) is 19.6 Å². The molecule has 0 bridgehead atoms. The summed E-state index contributed by atoms with van der Waals surface area (Å²) in [5.74, 6) is -1.09. The number of carbonyl (C=O) groups is 3. The van der Waals surface area contributed by atoms with Gasteiger partial charge in [-0.15, -0.1) is 0 Å². The minimum Gasteiger partial charge on any atom is -0.497 e. The van der Waals surface area contributed by atoms with Gasteiger partial charge in [-0.05, 0) is 53.1 Å². The van der Waals surface area contributed by atoms with Crippen molar-refractivity contribution in [1.82, 2.24) is 16.1 Å². The fourth-order valence-corrected chi connectivity index (χ4v) is 3.43. The molecule has 0 heterocycles. The average Bonchev–Trinajstić information content (AvgIpc) is 2.92. The Hall–Kier alpha value is -4.29. The summed E-state index contributed by atoms with van der Waals surface area (Å²) in [5.41, 5.74) is 10.2. The summed E-state index contributed by atoms with van der Waals surface area (Å²) in [6.45, 7) is 0.700. The molecule has 3 aromatic rings. The minimum atomic E-state index is -1.70. The third-order valence-electron chi connectivity index (χ3n) is 5.44. The van der Waals surface area contributed by atoms with Crippen LogP contribution in [0.25, 0.3) is 11.1 Å². The van der Waals surface area contributed by atoms with Crippen LogP contribution in [-0.2, 0) is 16.1 Å². The molecule has 0 fully saturated rings. The summed E-state index contributed by atoms with van der Waals surface area (Å²) in [5, 5.41) is 26.4. The van der Waals surface area contributed by atoms with Crippen LogP contribution in [-0.4, -0.2) is 54.0 Å². The van der Waals surface area contributed by atoms with Gasteiger partial charge in [0.2, 0.25) is 5.91 Å². The van der Waals surface area contributed by atoms with E-state index in [-0.39, 0.29) is 18.0 Å². The normalized spacial score (nSPS) is 12.2. The Morgan fingerprint density at radius 1 is 0.919 bits per heavy atom. The van der Waals surface area contributed by atoms with E-state index in [0.717, 1.165) is 22.4 Å². The number of hydroxylamine groups is 1. The van der Waals surface area contributed by atoms with Gasteiger partial charge in [0.25, 0.3) is 11.8 Å². The zero-order valence-electron chi connectivity index (χ0n) is 20.1. The molecular formula is C26H29N5O6. The Bertz CT molecular complexity index is 1200. The van der Waals surface area contributed by atoms with E-state index in [0.29, 0.717) is 12.2 Å². The quantitative estimate of drug-likeness (QED) is 0.114. The number of anilines is 1. The first-order valence-corrected chi connectivity index (χ1v) is 11.3. The number of hydrogen-bond acceptors (Lipinski definition) is 8. The number of nitrogens with one attached hydrogen (secondary N) is 4. The smallest absolute Gasteiger partial charge is 0.270 e. The Kier molecular flexibility index (Phi) is 9.69. The second-order valence-electron chi connectivity index (χ2n) is 8.07. The predicted molar refractivity (Wildman–Crippen MR) is 137 cm³/mol. The number of aliphatic hydroxyl groups is 1. The first-order valence-electron chi connectivity index (χ1n) is 11.3. The Morgan fingerprint density at radius 2 is 1.51 bits per heavy atom. The first-order chi connectivity index (χ1) is 17.8. The van der Waals surface area contributed by atoms with Crippen molar-refractivity contribution in [2.24, 2.45) is 5.73 Å². The SMILES string of the molecule is COc1ccc(CNCC(=O)Nc2ccc(-c3ccc(C(=O)N[C@H](C(=O)NO)[C@@H](N)O)cc3)cc2)cc1. The molecule has 0 aliphatic rings. The van der Waals surface area contributed by atoms with Crippen molar-refractivity contribution in [3.63, 3.8) is 0 Å². The zero-order valence-corrected chi connectivity index (χ0v) is 20.1. The van der Waals surface area contributed by atoms with E-state index >= 15 is 0 Å². The Labute approximate surface area is 213 Å². The van der Waals surface area contributed by atoms with Crippen molar-refractivity contribution in [2.75, 3.05) is 19.0 Å². The number of amides is 3. The highest BCUT2D eigenvalue weighted by Crippen LogP contribution is 2.22. The van der Waals surface area contributed by atoms with Gasteiger partial charge in [-0.2, -0.15) is 0 Å². The molecule has 0 aliphatic carbocycles. The van der Waals surface area contributed by atoms with Crippen LogP contribution in [0.1, 0.15) is 15.9 Å². The molecule has 0 spiro atoms. The molecule has 11 heteroatoms. The van der Waals surface area contributed by atoms with E-state index < -0.39 is 24.1 Å². The molecular weight excluding hydrogens is 478 g/mol. The van der Waals surface area contributed by atoms with Crippen LogP contribution in [0.2, 0.25) is 0 Å². The van der Waals surface area contributed by atoms with E-state index in [9.17, 15) is 19.5 Å². The van der Waals surface area contributed by atoms with E-state index in [2.05, 4.69) is 16.0 Å². The molecule has 11 nitrogen and oxygen atoms in total. The van der Waals surface area contributed by atoms with Crippen LogP contribution in [0.15, 0.2) is 72.8 Å². The van der Waals surface area contributed by atoms with Crippen LogP contribution >= 0.6 is 0 Å². The molecule has 37 heavy (non-hydrogen) atoms. The van der Waals surface area contributed by atoms with E-state index in [1.54, 1.807) is 43.5 Å². The van der Waals surface area contributed by atoms with Crippen LogP contribution in [0.4, 0.5) is 5.69 Å². The van der Waals surface area contributed by atoms with Crippen molar-refractivity contribution in [3.8, 4) is 16.9 Å². The number of aliphatic hydroxyl groups excluding tert-OH is 1. The summed E-state index contributed by atoms with van der Waals surface area (Å²) in [4.78, 5) is 36.1. The maximum atomic E-state index is 12.4. The summed E-state index contributed by atoms with van der Waals surface area (Å²) >= 11 is 0. The molecule has 3 rings (SSSR count). The highest BCUT2D eigenvalue weighted by Gasteiger charge is 2.26. The molecule has 194 valence electrons. The zero-order chi connectivity index (χ0) is 26.8. The molecule has 2 atom stereocenters. The standard InChI is InChI=1S/C26H29N5O6/c1-37-21-12-2-16(3-13-21)14-28-15-22(32)29-20-10-8-18(9-11-20)17-4-6-19(7-5-17)25(34)30-23(24(27)33)26(35)31-36/h2-13,23-24,28,33,36H,14-15,27H2,1H3,(H,29,32)(H,30,34)(H,31,35)/t23-,24-/m0/s1. The topological polar surface area (TPSA) is 175 Å². The number of hydrogen-bond donors (Lipinski definition) is 7. The second-order valence-corrected chi connectivity index (χ2v) is 8.07. The fourth-order valence-electron chi connectivity index (χ4n) is 3.43. The molecule has 0 aromatic heterocycles. The molecule has 8 N–H and O–H groups in total. The van der Waals surface area contributed by atoms with Crippen molar-refractivity contribution in [1.29, 1.82) is 0 Å². The number of methoxy groups -OCH3 is 1. The maximum absolute atomic E-state index is 12.4. The molecule has 3 amide bonds. The fraction of sp³-hybridized carbons (Fsp3) is 0.192. The highest BCUT2D eigenvalue weighted by atomic mass is 16.5. The number of ether oxygens (including phenoxy) is 1. The van der Waals surface area contributed by atoms with Gasteiger partial charge in [0.15, 0.2) is 0 Å². The first kappa shape index (κ1) is 27.3. The summed E-state index contributed by atoms with van der Waals surface area (Å²) < 4.78 is 5.13. The largest absolute Gasteiger partial charge is 0.497 e. The van der Waals surface area contributed by atoms with E-state index in [4.69, 9.17) is 15.7 Å². The summed E-state index contributed by atoms with van der Waals surface area (Å²) in [6, 6.07) is 19.8. The summed E-state index contributed by atoms with van der Waals surface area (Å²) in [7, 11) is 1.61. The number of benzene rings is 3. The number of carbonyl (C=O) groups excluding carboxylic acids is 3. The van der Waals surface area contributed by atoms with Gasteiger partial charge >= 0.3 is 0 Å². The summed E-state index contributed by atoms with van der Waals surface area (Å²) in [6.07, 6.45) is -1.70. The molecule has 0 saturated heterocycles. The second kappa shape index (κ2) is 13.1. The van der Waals surface area contributed by atoms with Gasteiger partial charge in [0, 0.05) is 17.8 Å². The average molecular weight is 508 g/mol. The third kappa shape index (κ3) is 7.85. The van der Waals surface area contributed by atoms with E-state index in [1.807, 2.05) is 36.4 Å². The third-order valence-corrected chi connectivity index (χ3v) is 5.44. The van der Waals surface area contributed by atoms with Gasteiger partial charge < -0.3 is 31.5 Å². The molecule has 0 saturated carbocycles. The monoisotopic (exact) mass is 507 g/mol. The molecule has 0 unspecified atom stereocenters. The molecule has 3 aromatic carbocycles. The maximum Gasteiger partial charge on any atom is 0.270 e. The van der Waals surface area contributed by atoms with Crippen LogP contribution in [0, 0.1) is 0 Å². The van der Waals surface area contributed by atoms with Gasteiger partial charge in [0.1, 0.15) is 18.0 Å². The van der Waals surface area contributed by atoms with Crippen molar-refractivity contribution >= 4 is 23.4 Å².